The Morgan fingerprint density at radius 2 is 2.17 bits per heavy atom. The van der Waals surface area contributed by atoms with Crippen molar-refractivity contribution in [2.75, 3.05) is 5.73 Å². The highest BCUT2D eigenvalue weighted by Crippen LogP contribution is 2.34. The summed E-state index contributed by atoms with van der Waals surface area (Å²) in [5, 5.41) is 0.714. The van der Waals surface area contributed by atoms with Gasteiger partial charge in [-0.2, -0.15) is 0 Å². The van der Waals surface area contributed by atoms with Crippen LogP contribution in [0, 0.1) is 12.7 Å². The van der Waals surface area contributed by atoms with Crippen molar-refractivity contribution in [1.82, 2.24) is 9.55 Å². The van der Waals surface area contributed by atoms with E-state index >= 15 is 0 Å². The average molecular weight is 261 g/mol. The van der Waals surface area contributed by atoms with Crippen LogP contribution in [-0.2, 0) is 7.05 Å². The summed E-state index contributed by atoms with van der Waals surface area (Å²) in [6, 6.07) is 6.94. The number of nitrogen functional groups attached to an aromatic ring is 1. The average Bonchev–Trinajstić information content (AvgIpc) is 2.81. The van der Waals surface area contributed by atoms with Gasteiger partial charge in [-0.15, -0.1) is 11.3 Å². The Morgan fingerprint density at radius 1 is 1.39 bits per heavy atom. The Morgan fingerprint density at radius 3 is 2.78 bits per heavy atom. The molecule has 0 atom stereocenters. The predicted molar refractivity (Wildman–Crippen MR) is 73.1 cm³/mol. The van der Waals surface area contributed by atoms with E-state index in [0.717, 1.165) is 16.0 Å². The lowest BCUT2D eigenvalue weighted by molar-refractivity contribution is 0.637. The van der Waals surface area contributed by atoms with Gasteiger partial charge in [-0.05, 0) is 25.1 Å². The van der Waals surface area contributed by atoms with Gasteiger partial charge in [-0.25, -0.2) is 9.37 Å². The lowest BCUT2D eigenvalue weighted by Crippen LogP contribution is -1.93. The highest BCUT2D eigenvalue weighted by molar-refractivity contribution is 7.16. The molecule has 18 heavy (non-hydrogen) atoms. The number of hydrogen-bond donors (Lipinski definition) is 1. The summed E-state index contributed by atoms with van der Waals surface area (Å²) >= 11 is 1.52. The number of aryl methyl sites for hydroxylation is 2. The van der Waals surface area contributed by atoms with Gasteiger partial charge in [-0.1, -0.05) is 6.07 Å². The molecule has 2 heterocycles. The maximum atomic E-state index is 13.7. The summed E-state index contributed by atoms with van der Waals surface area (Å²) in [6.07, 6.45) is 0. The number of aromatic nitrogens is 2. The molecule has 0 unspecified atom stereocenters. The van der Waals surface area contributed by atoms with Crippen molar-refractivity contribution in [3.63, 3.8) is 0 Å². The lowest BCUT2D eigenvalue weighted by atomic mass is 10.3. The van der Waals surface area contributed by atoms with Crippen LogP contribution in [0.1, 0.15) is 4.88 Å². The molecule has 3 rings (SSSR count). The number of halogens is 1. The Bertz CT molecular complexity index is 742. The van der Waals surface area contributed by atoms with Crippen molar-refractivity contribution in [3.05, 3.63) is 35.0 Å². The van der Waals surface area contributed by atoms with Crippen molar-refractivity contribution < 1.29 is 4.39 Å². The zero-order valence-electron chi connectivity index (χ0n) is 10.1. The van der Waals surface area contributed by atoms with E-state index in [2.05, 4.69) is 4.98 Å². The minimum Gasteiger partial charge on any atom is -0.390 e. The molecular formula is C13H12FN3S. The molecule has 0 saturated carbocycles. The van der Waals surface area contributed by atoms with E-state index in [0.29, 0.717) is 16.3 Å². The van der Waals surface area contributed by atoms with Gasteiger partial charge in [0.25, 0.3) is 0 Å². The van der Waals surface area contributed by atoms with Crippen molar-refractivity contribution in [2.24, 2.45) is 7.05 Å². The molecule has 0 saturated heterocycles. The standard InChI is InChI=1S/C13H12FN3S/c1-7-6-8(12(15)18-7)13-16-11-9(14)4-3-5-10(11)17(13)2/h3-6H,15H2,1-2H3. The number of hydrogen-bond acceptors (Lipinski definition) is 3. The van der Waals surface area contributed by atoms with Crippen LogP contribution >= 0.6 is 11.3 Å². The van der Waals surface area contributed by atoms with E-state index in [1.54, 1.807) is 6.07 Å². The molecule has 0 fully saturated rings. The molecule has 5 heteroatoms. The maximum Gasteiger partial charge on any atom is 0.151 e. The summed E-state index contributed by atoms with van der Waals surface area (Å²) in [5.41, 5.74) is 8.00. The van der Waals surface area contributed by atoms with E-state index in [1.165, 1.54) is 17.4 Å². The van der Waals surface area contributed by atoms with E-state index < -0.39 is 0 Å². The Kier molecular flexibility index (Phi) is 2.38. The SMILES string of the molecule is Cc1cc(-c2nc3c(F)cccc3n2C)c(N)s1. The molecule has 3 aromatic rings. The fourth-order valence-electron chi connectivity index (χ4n) is 2.13. The van der Waals surface area contributed by atoms with Gasteiger partial charge in [0.05, 0.1) is 16.1 Å². The smallest absolute Gasteiger partial charge is 0.151 e. The van der Waals surface area contributed by atoms with Crippen molar-refractivity contribution >= 4 is 27.4 Å². The summed E-state index contributed by atoms with van der Waals surface area (Å²) in [6.45, 7) is 1.99. The monoisotopic (exact) mass is 261 g/mol. The second kappa shape index (κ2) is 3.81. The number of fused-ring (bicyclic) bond motifs is 1. The number of imidazole rings is 1. The van der Waals surface area contributed by atoms with Gasteiger partial charge in [0.15, 0.2) is 5.82 Å². The number of nitrogens with two attached hydrogens (primary N) is 1. The van der Waals surface area contributed by atoms with Crippen LogP contribution in [0.4, 0.5) is 9.39 Å². The first-order valence-electron chi connectivity index (χ1n) is 5.55. The summed E-state index contributed by atoms with van der Waals surface area (Å²) in [4.78, 5) is 5.49. The van der Waals surface area contributed by atoms with E-state index in [9.17, 15) is 4.39 Å². The molecule has 0 spiro atoms. The molecule has 0 bridgehead atoms. The van der Waals surface area contributed by atoms with Crippen LogP contribution in [0.2, 0.25) is 0 Å². The van der Waals surface area contributed by atoms with Crippen molar-refractivity contribution in [1.29, 1.82) is 0 Å². The van der Waals surface area contributed by atoms with Gasteiger partial charge in [0.1, 0.15) is 11.3 Å². The quantitative estimate of drug-likeness (QED) is 0.730. The van der Waals surface area contributed by atoms with Crippen LogP contribution in [-0.4, -0.2) is 9.55 Å². The third-order valence-electron chi connectivity index (χ3n) is 2.99. The van der Waals surface area contributed by atoms with Crippen LogP contribution in [0.5, 0.6) is 0 Å². The Hall–Kier alpha value is -1.88. The molecule has 2 N–H and O–H groups in total. The van der Waals surface area contributed by atoms with Gasteiger partial charge >= 0.3 is 0 Å². The molecule has 0 aliphatic heterocycles. The fourth-order valence-corrected chi connectivity index (χ4v) is 2.91. The highest BCUT2D eigenvalue weighted by atomic mass is 32.1. The lowest BCUT2D eigenvalue weighted by Gasteiger charge is -2.00. The van der Waals surface area contributed by atoms with Crippen molar-refractivity contribution in [2.45, 2.75) is 6.92 Å². The minimum absolute atomic E-state index is 0.306. The third kappa shape index (κ3) is 1.51. The van der Waals surface area contributed by atoms with Gasteiger partial charge in [0, 0.05) is 11.9 Å². The number of rotatable bonds is 1. The second-order valence-electron chi connectivity index (χ2n) is 4.24. The molecule has 0 amide bonds. The molecule has 0 aliphatic carbocycles. The molecule has 0 aliphatic rings. The first kappa shape index (κ1) is 11.2. The van der Waals surface area contributed by atoms with E-state index in [1.807, 2.05) is 30.7 Å². The normalized spacial score (nSPS) is 11.3. The fraction of sp³-hybridized carbons (Fsp3) is 0.154. The van der Waals surface area contributed by atoms with Crippen molar-refractivity contribution in [3.8, 4) is 11.4 Å². The first-order valence-corrected chi connectivity index (χ1v) is 6.37. The number of para-hydroxylation sites is 1. The minimum atomic E-state index is -0.306. The topological polar surface area (TPSA) is 43.8 Å². The van der Waals surface area contributed by atoms with Gasteiger partial charge in [-0.3, -0.25) is 0 Å². The van der Waals surface area contributed by atoms with Crippen LogP contribution in [0.25, 0.3) is 22.4 Å². The summed E-state index contributed by atoms with van der Waals surface area (Å²) < 4.78 is 15.6. The largest absolute Gasteiger partial charge is 0.390 e. The molecule has 2 aromatic heterocycles. The van der Waals surface area contributed by atoms with E-state index in [-0.39, 0.29) is 5.82 Å². The third-order valence-corrected chi connectivity index (χ3v) is 3.87. The Labute approximate surface area is 108 Å². The number of anilines is 1. The van der Waals surface area contributed by atoms with E-state index in [4.69, 9.17) is 5.73 Å². The molecule has 92 valence electrons. The summed E-state index contributed by atoms with van der Waals surface area (Å²) in [5.74, 6) is 0.400. The first-order chi connectivity index (χ1) is 8.58. The van der Waals surface area contributed by atoms with Crippen LogP contribution < -0.4 is 5.73 Å². The second-order valence-corrected chi connectivity index (χ2v) is 5.52. The molecule has 1 aromatic carbocycles. The Balaban J connectivity index is 2.34. The molecule has 3 nitrogen and oxygen atoms in total. The van der Waals surface area contributed by atoms with Crippen LogP contribution in [0.15, 0.2) is 24.3 Å². The highest BCUT2D eigenvalue weighted by Gasteiger charge is 2.16. The molecule has 0 radical (unpaired) electrons. The number of benzene rings is 1. The van der Waals surface area contributed by atoms with Gasteiger partial charge < -0.3 is 10.3 Å². The number of nitrogens with zero attached hydrogens (tertiary/aromatic N) is 2. The van der Waals surface area contributed by atoms with Gasteiger partial charge in [0.2, 0.25) is 0 Å². The zero-order valence-corrected chi connectivity index (χ0v) is 10.9. The maximum absolute atomic E-state index is 13.7. The number of thiophene rings is 1. The summed E-state index contributed by atoms with van der Waals surface area (Å²) in [7, 11) is 1.87. The predicted octanol–water partition coefficient (Wildman–Crippen LogP) is 3.33. The molecular weight excluding hydrogens is 249 g/mol. The van der Waals surface area contributed by atoms with Crippen LogP contribution in [0.3, 0.4) is 0 Å². The zero-order chi connectivity index (χ0) is 12.9.